The van der Waals surface area contributed by atoms with Crippen molar-refractivity contribution in [3.05, 3.63) is 16.5 Å². The van der Waals surface area contributed by atoms with Gasteiger partial charge in [0.15, 0.2) is 0 Å². The van der Waals surface area contributed by atoms with Crippen LogP contribution in [0.5, 0.6) is 0 Å². The fourth-order valence-electron chi connectivity index (χ4n) is 2.60. The minimum atomic E-state index is -3.35. The van der Waals surface area contributed by atoms with E-state index in [0.717, 1.165) is 16.9 Å². The third-order valence-electron chi connectivity index (χ3n) is 4.15. The molecule has 1 aromatic rings. The lowest BCUT2D eigenvalue weighted by Crippen LogP contribution is -2.30. The second-order valence-corrected chi connectivity index (χ2v) is 9.89. The molecule has 0 bridgehead atoms. The summed E-state index contributed by atoms with van der Waals surface area (Å²) in [6.45, 7) is 10.1. The molecule has 2 N–H and O–H groups in total. The van der Waals surface area contributed by atoms with Gasteiger partial charge in [-0.3, -0.25) is 0 Å². The van der Waals surface area contributed by atoms with Gasteiger partial charge in [0.25, 0.3) is 10.0 Å². The Labute approximate surface area is 126 Å². The maximum absolute atomic E-state index is 12.7. The number of hydrogen-bond acceptors (Lipinski definition) is 4. The molecule has 6 heteroatoms. The largest absolute Gasteiger partial charge is 0.326 e. The van der Waals surface area contributed by atoms with Crippen LogP contribution in [0.25, 0.3) is 0 Å². The summed E-state index contributed by atoms with van der Waals surface area (Å²) in [5.74, 6) is 0.423. The van der Waals surface area contributed by atoms with Crippen molar-refractivity contribution in [2.24, 2.45) is 17.1 Å². The first-order chi connectivity index (χ1) is 9.16. The molecular formula is C14H24N2O2S2. The normalized spacial score (nSPS) is 21.6. The Morgan fingerprint density at radius 2 is 2.10 bits per heavy atom. The average Bonchev–Trinajstić information content (AvgIpc) is 2.94. The van der Waals surface area contributed by atoms with Gasteiger partial charge in [-0.2, -0.15) is 4.31 Å². The zero-order chi connectivity index (χ0) is 15.1. The van der Waals surface area contributed by atoms with E-state index in [9.17, 15) is 8.42 Å². The molecule has 1 aromatic heterocycles. The van der Waals surface area contributed by atoms with Crippen LogP contribution in [-0.2, 0) is 16.6 Å². The molecule has 4 nitrogen and oxygen atoms in total. The highest BCUT2D eigenvalue weighted by molar-refractivity contribution is 7.91. The van der Waals surface area contributed by atoms with E-state index in [1.165, 1.54) is 11.3 Å². The summed E-state index contributed by atoms with van der Waals surface area (Å²) in [6.07, 6.45) is 0.941. The number of nitrogens with two attached hydrogens (primary N) is 1. The summed E-state index contributed by atoms with van der Waals surface area (Å²) >= 11 is 1.31. The zero-order valence-corrected chi connectivity index (χ0v) is 14.3. The molecule has 0 radical (unpaired) electrons. The monoisotopic (exact) mass is 316 g/mol. The molecule has 114 valence electrons. The summed E-state index contributed by atoms with van der Waals surface area (Å²) in [6, 6.07) is 1.76. The predicted molar refractivity (Wildman–Crippen MR) is 83.3 cm³/mol. The molecule has 1 fully saturated rings. The van der Waals surface area contributed by atoms with Gasteiger partial charge in [-0.05, 0) is 36.3 Å². The molecule has 0 amide bonds. The van der Waals surface area contributed by atoms with Gasteiger partial charge in [0, 0.05) is 24.5 Å². The maximum Gasteiger partial charge on any atom is 0.252 e. The number of aryl methyl sites for hydroxylation is 1. The zero-order valence-electron chi connectivity index (χ0n) is 12.6. The molecule has 0 spiro atoms. The minimum absolute atomic E-state index is 0.151. The van der Waals surface area contributed by atoms with E-state index in [-0.39, 0.29) is 5.41 Å². The predicted octanol–water partition coefficient (Wildman–Crippen LogP) is 2.57. The van der Waals surface area contributed by atoms with Gasteiger partial charge in [0.2, 0.25) is 0 Å². The molecule has 2 heterocycles. The SMILES string of the molecule is Cc1cc(S(=O)(=O)N2CCC(C(C)(C)C)C2)sc1CN. The molecule has 1 atom stereocenters. The first-order valence-corrected chi connectivity index (χ1v) is 9.21. The molecule has 0 saturated carbocycles. The van der Waals surface area contributed by atoms with Crippen LogP contribution in [0.2, 0.25) is 0 Å². The average molecular weight is 316 g/mol. The molecule has 0 aromatic carbocycles. The van der Waals surface area contributed by atoms with E-state index < -0.39 is 10.0 Å². The van der Waals surface area contributed by atoms with Gasteiger partial charge >= 0.3 is 0 Å². The number of rotatable bonds is 3. The highest BCUT2D eigenvalue weighted by Gasteiger charge is 2.38. The van der Waals surface area contributed by atoms with E-state index in [4.69, 9.17) is 5.73 Å². The van der Waals surface area contributed by atoms with Gasteiger partial charge in [-0.15, -0.1) is 11.3 Å². The van der Waals surface area contributed by atoms with Gasteiger partial charge in [0.05, 0.1) is 0 Å². The van der Waals surface area contributed by atoms with E-state index >= 15 is 0 Å². The van der Waals surface area contributed by atoms with Crippen molar-refractivity contribution >= 4 is 21.4 Å². The maximum atomic E-state index is 12.7. The van der Waals surface area contributed by atoms with Crippen LogP contribution in [0.15, 0.2) is 10.3 Å². The third kappa shape index (κ3) is 2.93. The van der Waals surface area contributed by atoms with Crippen LogP contribution < -0.4 is 5.73 Å². The van der Waals surface area contributed by atoms with E-state index in [1.807, 2.05) is 6.92 Å². The van der Waals surface area contributed by atoms with Crippen molar-refractivity contribution in [1.29, 1.82) is 0 Å². The Bertz CT molecular complexity index is 585. The Balaban J connectivity index is 2.23. The van der Waals surface area contributed by atoms with Crippen molar-refractivity contribution in [2.45, 2.75) is 44.9 Å². The molecule has 1 unspecified atom stereocenters. The molecule has 1 aliphatic rings. The van der Waals surface area contributed by atoms with Crippen LogP contribution >= 0.6 is 11.3 Å². The Morgan fingerprint density at radius 1 is 1.45 bits per heavy atom. The summed E-state index contributed by atoms with van der Waals surface area (Å²) < 4.78 is 27.4. The van der Waals surface area contributed by atoms with Gasteiger partial charge in [-0.25, -0.2) is 8.42 Å². The van der Waals surface area contributed by atoms with Crippen LogP contribution in [0.1, 0.15) is 37.6 Å². The smallest absolute Gasteiger partial charge is 0.252 e. The van der Waals surface area contributed by atoms with Crippen LogP contribution in [0, 0.1) is 18.3 Å². The lowest BCUT2D eigenvalue weighted by atomic mass is 9.80. The summed E-state index contributed by atoms with van der Waals surface area (Å²) in [7, 11) is -3.35. The second-order valence-electron chi connectivity index (χ2n) is 6.59. The second kappa shape index (κ2) is 5.40. The molecular weight excluding hydrogens is 292 g/mol. The topological polar surface area (TPSA) is 63.4 Å². The van der Waals surface area contributed by atoms with Gasteiger partial charge in [0.1, 0.15) is 4.21 Å². The van der Waals surface area contributed by atoms with E-state index in [2.05, 4.69) is 20.8 Å². The first-order valence-electron chi connectivity index (χ1n) is 6.96. The van der Waals surface area contributed by atoms with Crippen molar-refractivity contribution in [3.63, 3.8) is 0 Å². The number of nitrogens with zero attached hydrogens (tertiary/aromatic N) is 1. The van der Waals surface area contributed by atoms with Crippen molar-refractivity contribution in [2.75, 3.05) is 13.1 Å². The molecule has 2 rings (SSSR count). The molecule has 1 aliphatic heterocycles. The number of thiophene rings is 1. The van der Waals surface area contributed by atoms with Crippen LogP contribution in [-0.4, -0.2) is 25.8 Å². The molecule has 20 heavy (non-hydrogen) atoms. The molecule has 1 saturated heterocycles. The number of sulfonamides is 1. The lowest BCUT2D eigenvalue weighted by Gasteiger charge is -2.26. The minimum Gasteiger partial charge on any atom is -0.326 e. The summed E-state index contributed by atoms with van der Waals surface area (Å²) in [5.41, 5.74) is 6.77. The van der Waals surface area contributed by atoms with Crippen molar-refractivity contribution < 1.29 is 8.42 Å². The Morgan fingerprint density at radius 3 is 2.55 bits per heavy atom. The van der Waals surface area contributed by atoms with Gasteiger partial charge < -0.3 is 5.73 Å². The summed E-state index contributed by atoms with van der Waals surface area (Å²) in [5, 5.41) is 0. The van der Waals surface area contributed by atoms with E-state index in [1.54, 1.807) is 10.4 Å². The fraction of sp³-hybridized carbons (Fsp3) is 0.714. The van der Waals surface area contributed by atoms with Crippen LogP contribution in [0.4, 0.5) is 0 Å². The van der Waals surface area contributed by atoms with Crippen molar-refractivity contribution in [1.82, 2.24) is 4.31 Å². The van der Waals surface area contributed by atoms with Crippen molar-refractivity contribution in [3.8, 4) is 0 Å². The standard InChI is InChI=1S/C14H24N2O2S2/c1-10-7-13(19-12(10)8-15)20(17,18)16-6-5-11(9-16)14(2,3)4/h7,11H,5-6,8-9,15H2,1-4H3. The van der Waals surface area contributed by atoms with E-state index in [0.29, 0.717) is 29.8 Å². The van der Waals surface area contributed by atoms with Crippen LogP contribution in [0.3, 0.4) is 0 Å². The quantitative estimate of drug-likeness (QED) is 0.932. The molecule has 0 aliphatic carbocycles. The Hall–Kier alpha value is -0.430. The lowest BCUT2D eigenvalue weighted by molar-refractivity contribution is 0.252. The van der Waals surface area contributed by atoms with Gasteiger partial charge in [-0.1, -0.05) is 20.8 Å². The Kier molecular flexibility index (Phi) is 4.31. The highest BCUT2D eigenvalue weighted by atomic mass is 32.2. The third-order valence-corrected chi connectivity index (χ3v) is 7.73. The number of hydrogen-bond donors (Lipinski definition) is 1. The first kappa shape index (κ1) is 15.9. The highest BCUT2D eigenvalue weighted by Crippen LogP contribution is 2.37. The summed E-state index contributed by atoms with van der Waals surface area (Å²) in [4.78, 5) is 0.954. The fourth-order valence-corrected chi connectivity index (χ4v) is 5.72.